The molecule has 1 aromatic carbocycles. The van der Waals surface area contributed by atoms with Gasteiger partial charge in [-0.1, -0.05) is 37.3 Å². The fourth-order valence-corrected chi connectivity index (χ4v) is 1.24. The van der Waals surface area contributed by atoms with Crippen molar-refractivity contribution in [2.24, 2.45) is 0 Å². The second-order valence-electron chi connectivity index (χ2n) is 3.44. The molecule has 0 aliphatic heterocycles. The van der Waals surface area contributed by atoms with E-state index in [0.29, 0.717) is 13.1 Å². The van der Waals surface area contributed by atoms with E-state index in [0.717, 1.165) is 18.5 Å². The van der Waals surface area contributed by atoms with Crippen molar-refractivity contribution in [2.75, 3.05) is 13.1 Å². The first-order valence-corrected chi connectivity index (χ1v) is 5.34. The van der Waals surface area contributed by atoms with E-state index in [9.17, 15) is 4.79 Å². The van der Waals surface area contributed by atoms with Gasteiger partial charge in [0.2, 0.25) is 5.91 Å². The zero-order valence-electron chi connectivity index (χ0n) is 9.12. The van der Waals surface area contributed by atoms with Crippen LogP contribution >= 0.6 is 0 Å². The first-order valence-electron chi connectivity index (χ1n) is 5.34. The SMILES string of the molecule is CCCNCC(=O)NCc1ccccc1. The first-order chi connectivity index (χ1) is 7.33. The van der Waals surface area contributed by atoms with Gasteiger partial charge in [0, 0.05) is 6.54 Å². The average Bonchev–Trinajstić information content (AvgIpc) is 2.28. The van der Waals surface area contributed by atoms with E-state index in [2.05, 4.69) is 17.6 Å². The first kappa shape index (κ1) is 11.7. The fourth-order valence-electron chi connectivity index (χ4n) is 1.24. The highest BCUT2D eigenvalue weighted by Gasteiger charge is 1.99. The lowest BCUT2D eigenvalue weighted by Crippen LogP contribution is -2.33. The minimum atomic E-state index is 0.0484. The van der Waals surface area contributed by atoms with Gasteiger partial charge in [0.25, 0.3) is 0 Å². The third-order valence-electron chi connectivity index (χ3n) is 2.04. The van der Waals surface area contributed by atoms with Crippen molar-refractivity contribution < 1.29 is 4.79 Å². The van der Waals surface area contributed by atoms with Gasteiger partial charge in [-0.05, 0) is 18.5 Å². The van der Waals surface area contributed by atoms with Crippen LogP contribution in [0.2, 0.25) is 0 Å². The lowest BCUT2D eigenvalue weighted by Gasteiger charge is -2.05. The Hall–Kier alpha value is -1.35. The molecule has 0 heterocycles. The third-order valence-corrected chi connectivity index (χ3v) is 2.04. The fraction of sp³-hybridized carbons (Fsp3) is 0.417. The Kier molecular flexibility index (Phi) is 5.48. The van der Waals surface area contributed by atoms with Crippen LogP contribution in [0.3, 0.4) is 0 Å². The molecule has 0 aliphatic carbocycles. The molecule has 15 heavy (non-hydrogen) atoms. The summed E-state index contributed by atoms with van der Waals surface area (Å²) >= 11 is 0. The van der Waals surface area contributed by atoms with Gasteiger partial charge in [0.1, 0.15) is 0 Å². The smallest absolute Gasteiger partial charge is 0.234 e. The number of rotatable bonds is 6. The second kappa shape index (κ2) is 7.01. The van der Waals surface area contributed by atoms with Crippen LogP contribution in [0.5, 0.6) is 0 Å². The van der Waals surface area contributed by atoms with Crippen LogP contribution in [-0.2, 0) is 11.3 Å². The average molecular weight is 206 g/mol. The minimum absolute atomic E-state index is 0.0484. The normalized spacial score (nSPS) is 9.93. The monoisotopic (exact) mass is 206 g/mol. The van der Waals surface area contributed by atoms with E-state index in [4.69, 9.17) is 0 Å². The quantitative estimate of drug-likeness (QED) is 0.689. The maximum absolute atomic E-state index is 11.3. The van der Waals surface area contributed by atoms with Crippen molar-refractivity contribution in [3.63, 3.8) is 0 Å². The van der Waals surface area contributed by atoms with Crippen LogP contribution in [-0.4, -0.2) is 19.0 Å². The zero-order valence-corrected chi connectivity index (χ0v) is 9.12. The van der Waals surface area contributed by atoms with Crippen LogP contribution in [0.1, 0.15) is 18.9 Å². The molecule has 0 saturated carbocycles. The third kappa shape index (κ3) is 5.18. The largest absolute Gasteiger partial charge is 0.351 e. The number of hydrogen-bond donors (Lipinski definition) is 2. The van der Waals surface area contributed by atoms with Gasteiger partial charge in [0.05, 0.1) is 6.54 Å². The Morgan fingerprint density at radius 1 is 1.27 bits per heavy atom. The molecule has 0 saturated heterocycles. The number of amides is 1. The molecule has 0 fully saturated rings. The molecule has 0 aliphatic rings. The van der Waals surface area contributed by atoms with Gasteiger partial charge in [-0.15, -0.1) is 0 Å². The Balaban J connectivity index is 2.17. The van der Waals surface area contributed by atoms with Crippen LogP contribution < -0.4 is 10.6 Å². The topological polar surface area (TPSA) is 41.1 Å². The van der Waals surface area contributed by atoms with E-state index in [1.807, 2.05) is 30.3 Å². The molecule has 82 valence electrons. The molecule has 0 radical (unpaired) electrons. The van der Waals surface area contributed by atoms with Crippen LogP contribution in [0.25, 0.3) is 0 Å². The number of carbonyl (C=O) groups is 1. The highest BCUT2D eigenvalue weighted by molar-refractivity contribution is 5.77. The highest BCUT2D eigenvalue weighted by Crippen LogP contribution is 1.96. The lowest BCUT2D eigenvalue weighted by molar-refractivity contribution is -0.120. The molecule has 1 aromatic rings. The van der Waals surface area contributed by atoms with E-state index in [1.165, 1.54) is 0 Å². The molecule has 3 heteroatoms. The van der Waals surface area contributed by atoms with Crippen molar-refractivity contribution in [2.45, 2.75) is 19.9 Å². The van der Waals surface area contributed by atoms with Crippen molar-refractivity contribution in [3.8, 4) is 0 Å². The van der Waals surface area contributed by atoms with Crippen molar-refractivity contribution in [3.05, 3.63) is 35.9 Å². The van der Waals surface area contributed by atoms with E-state index < -0.39 is 0 Å². The van der Waals surface area contributed by atoms with E-state index in [1.54, 1.807) is 0 Å². The lowest BCUT2D eigenvalue weighted by atomic mass is 10.2. The Morgan fingerprint density at radius 3 is 2.67 bits per heavy atom. The summed E-state index contributed by atoms with van der Waals surface area (Å²) in [6, 6.07) is 9.90. The number of hydrogen-bond acceptors (Lipinski definition) is 2. The molecule has 1 amide bonds. The van der Waals surface area contributed by atoms with Crippen molar-refractivity contribution >= 4 is 5.91 Å². The summed E-state index contributed by atoms with van der Waals surface area (Å²) in [7, 11) is 0. The maximum Gasteiger partial charge on any atom is 0.234 e. The van der Waals surface area contributed by atoms with Gasteiger partial charge in [0.15, 0.2) is 0 Å². The molecule has 0 atom stereocenters. The minimum Gasteiger partial charge on any atom is -0.351 e. The van der Waals surface area contributed by atoms with Crippen LogP contribution in [0.4, 0.5) is 0 Å². The predicted octanol–water partition coefficient (Wildman–Crippen LogP) is 1.30. The molecular weight excluding hydrogens is 188 g/mol. The van der Waals surface area contributed by atoms with Crippen LogP contribution in [0.15, 0.2) is 30.3 Å². The molecule has 0 aromatic heterocycles. The molecule has 0 unspecified atom stereocenters. The summed E-state index contributed by atoms with van der Waals surface area (Å²) in [6.07, 6.45) is 1.05. The molecule has 1 rings (SSSR count). The summed E-state index contributed by atoms with van der Waals surface area (Å²) in [4.78, 5) is 11.3. The highest BCUT2D eigenvalue weighted by atomic mass is 16.1. The molecule has 0 spiro atoms. The van der Waals surface area contributed by atoms with Gasteiger partial charge >= 0.3 is 0 Å². The molecular formula is C12H18N2O. The number of benzene rings is 1. The Morgan fingerprint density at radius 2 is 2.00 bits per heavy atom. The zero-order chi connectivity index (χ0) is 10.9. The van der Waals surface area contributed by atoms with Gasteiger partial charge in [-0.25, -0.2) is 0 Å². The summed E-state index contributed by atoms with van der Waals surface area (Å²) in [5.74, 6) is 0.0484. The summed E-state index contributed by atoms with van der Waals surface area (Å²) in [5, 5.41) is 5.92. The van der Waals surface area contributed by atoms with E-state index >= 15 is 0 Å². The van der Waals surface area contributed by atoms with Crippen molar-refractivity contribution in [1.82, 2.24) is 10.6 Å². The standard InChI is InChI=1S/C12H18N2O/c1-2-8-13-10-12(15)14-9-11-6-4-3-5-7-11/h3-7,13H,2,8-10H2,1H3,(H,14,15). The number of carbonyl (C=O) groups excluding carboxylic acids is 1. The molecule has 2 N–H and O–H groups in total. The number of nitrogens with one attached hydrogen (secondary N) is 2. The predicted molar refractivity (Wildman–Crippen MR) is 61.4 cm³/mol. The van der Waals surface area contributed by atoms with Crippen LogP contribution in [0, 0.1) is 0 Å². The Bertz CT molecular complexity index is 285. The van der Waals surface area contributed by atoms with Gasteiger partial charge in [-0.3, -0.25) is 4.79 Å². The van der Waals surface area contributed by atoms with Gasteiger partial charge < -0.3 is 10.6 Å². The second-order valence-corrected chi connectivity index (χ2v) is 3.44. The summed E-state index contributed by atoms with van der Waals surface area (Å²) in [6.45, 7) is 3.97. The Labute approximate surface area is 90.9 Å². The summed E-state index contributed by atoms with van der Waals surface area (Å²) in [5.41, 5.74) is 1.13. The molecule has 3 nitrogen and oxygen atoms in total. The van der Waals surface area contributed by atoms with E-state index in [-0.39, 0.29) is 5.91 Å². The maximum atomic E-state index is 11.3. The van der Waals surface area contributed by atoms with Gasteiger partial charge in [-0.2, -0.15) is 0 Å². The molecule has 0 bridgehead atoms. The van der Waals surface area contributed by atoms with Crippen molar-refractivity contribution in [1.29, 1.82) is 0 Å². The summed E-state index contributed by atoms with van der Waals surface area (Å²) < 4.78 is 0.